The largest absolute Gasteiger partial charge is 0.298 e. The number of benzene rings is 1. The number of rotatable bonds is 7. The Morgan fingerprint density at radius 3 is 2.55 bits per heavy atom. The number of hydrogen-bond acceptors (Lipinski definition) is 6. The van der Waals surface area contributed by atoms with Crippen LogP contribution >= 0.6 is 34.4 Å². The molecule has 3 heterocycles. The van der Waals surface area contributed by atoms with E-state index in [4.69, 9.17) is 4.98 Å². The van der Waals surface area contributed by atoms with Crippen molar-refractivity contribution in [1.82, 2.24) is 19.7 Å². The van der Waals surface area contributed by atoms with Crippen molar-refractivity contribution < 1.29 is 0 Å². The summed E-state index contributed by atoms with van der Waals surface area (Å²) >= 11 is 5.10. The summed E-state index contributed by atoms with van der Waals surface area (Å²) in [6, 6.07) is 8.50. The molecule has 0 saturated carbocycles. The first-order chi connectivity index (χ1) is 14.1. The topological polar surface area (TPSA) is 43.6 Å². The minimum atomic E-state index is 0.685. The fourth-order valence-corrected chi connectivity index (χ4v) is 5.60. The second-order valence-electron chi connectivity index (χ2n) is 6.83. The summed E-state index contributed by atoms with van der Waals surface area (Å²) in [4.78, 5) is 6.12. The van der Waals surface area contributed by atoms with Gasteiger partial charge in [0.05, 0.1) is 5.69 Å². The molecule has 0 unspecified atom stereocenters. The van der Waals surface area contributed by atoms with Crippen LogP contribution in [0.15, 0.2) is 52.8 Å². The highest BCUT2D eigenvalue weighted by molar-refractivity contribution is 7.98. The Labute approximate surface area is 183 Å². The molecule has 0 spiro atoms. The standard InChI is InChI=1S/C22H22N4S3/c1-5-10-26-20(19-13-27-16(4)15(19)3)24-25-22(26)29-12-18-11-28-21(23-18)17-8-6-14(2)7-9-17/h5-9,11,13H,1,10,12H2,2-4H3. The van der Waals surface area contributed by atoms with Gasteiger partial charge in [-0.15, -0.1) is 39.4 Å². The van der Waals surface area contributed by atoms with Crippen LogP contribution in [0.2, 0.25) is 0 Å². The lowest BCUT2D eigenvalue weighted by molar-refractivity contribution is 0.731. The Balaban J connectivity index is 1.54. The number of nitrogens with zero attached hydrogens (tertiary/aromatic N) is 4. The molecule has 0 aliphatic rings. The molecule has 3 aromatic heterocycles. The second kappa shape index (κ2) is 8.65. The van der Waals surface area contributed by atoms with Crippen LogP contribution in [0.3, 0.4) is 0 Å². The molecule has 0 N–H and O–H groups in total. The number of hydrogen-bond donors (Lipinski definition) is 0. The van der Waals surface area contributed by atoms with Crippen molar-refractivity contribution in [2.45, 2.75) is 38.2 Å². The van der Waals surface area contributed by atoms with Gasteiger partial charge in [0, 0.05) is 39.1 Å². The summed E-state index contributed by atoms with van der Waals surface area (Å²) in [5, 5.41) is 15.2. The van der Waals surface area contributed by atoms with E-state index in [1.165, 1.54) is 16.0 Å². The number of thiazole rings is 1. The van der Waals surface area contributed by atoms with Gasteiger partial charge in [-0.3, -0.25) is 4.57 Å². The van der Waals surface area contributed by atoms with Gasteiger partial charge < -0.3 is 0 Å². The molecule has 0 atom stereocenters. The Kier molecular flexibility index (Phi) is 5.99. The van der Waals surface area contributed by atoms with Gasteiger partial charge in [-0.05, 0) is 26.3 Å². The van der Waals surface area contributed by atoms with Crippen molar-refractivity contribution in [3.63, 3.8) is 0 Å². The highest BCUT2D eigenvalue weighted by Gasteiger charge is 2.17. The molecule has 4 aromatic rings. The van der Waals surface area contributed by atoms with E-state index in [2.05, 4.69) is 77.1 Å². The number of thioether (sulfide) groups is 1. The van der Waals surface area contributed by atoms with E-state index in [0.717, 1.165) is 38.6 Å². The van der Waals surface area contributed by atoms with Gasteiger partial charge in [0.2, 0.25) is 0 Å². The van der Waals surface area contributed by atoms with E-state index >= 15 is 0 Å². The lowest BCUT2D eigenvalue weighted by Gasteiger charge is -2.07. The van der Waals surface area contributed by atoms with Crippen LogP contribution in [0.1, 0.15) is 21.7 Å². The molecule has 0 saturated heterocycles. The van der Waals surface area contributed by atoms with Crippen molar-refractivity contribution >= 4 is 34.4 Å². The summed E-state index contributed by atoms with van der Waals surface area (Å²) in [7, 11) is 0. The molecule has 4 rings (SSSR count). The second-order valence-corrected chi connectivity index (χ2v) is 9.72. The highest BCUT2D eigenvalue weighted by Crippen LogP contribution is 2.33. The van der Waals surface area contributed by atoms with E-state index < -0.39 is 0 Å². The van der Waals surface area contributed by atoms with E-state index in [9.17, 15) is 0 Å². The third kappa shape index (κ3) is 4.22. The minimum Gasteiger partial charge on any atom is -0.298 e. The van der Waals surface area contributed by atoms with Gasteiger partial charge in [0.25, 0.3) is 0 Å². The smallest absolute Gasteiger partial charge is 0.192 e. The van der Waals surface area contributed by atoms with Crippen LogP contribution in [0, 0.1) is 20.8 Å². The van der Waals surface area contributed by atoms with Crippen LogP contribution in [-0.2, 0) is 12.3 Å². The van der Waals surface area contributed by atoms with Gasteiger partial charge in [-0.2, -0.15) is 0 Å². The molecular formula is C22H22N4S3. The zero-order chi connectivity index (χ0) is 20.4. The first-order valence-electron chi connectivity index (χ1n) is 9.30. The molecule has 0 bridgehead atoms. The summed E-state index contributed by atoms with van der Waals surface area (Å²) in [6.45, 7) is 11.0. The lowest BCUT2D eigenvalue weighted by atomic mass is 10.1. The van der Waals surface area contributed by atoms with Crippen LogP contribution in [0.25, 0.3) is 22.0 Å². The third-order valence-electron chi connectivity index (χ3n) is 4.75. The normalized spacial score (nSPS) is 11.1. The van der Waals surface area contributed by atoms with Crippen LogP contribution in [-0.4, -0.2) is 19.7 Å². The van der Waals surface area contributed by atoms with E-state index in [1.807, 2.05) is 6.08 Å². The molecule has 0 fully saturated rings. The molecule has 0 amide bonds. The molecule has 0 aliphatic carbocycles. The average molecular weight is 439 g/mol. The van der Waals surface area contributed by atoms with Crippen LogP contribution in [0.4, 0.5) is 0 Å². The van der Waals surface area contributed by atoms with Gasteiger partial charge in [-0.1, -0.05) is 47.7 Å². The van der Waals surface area contributed by atoms with Crippen molar-refractivity contribution in [3.8, 4) is 22.0 Å². The van der Waals surface area contributed by atoms with E-state index in [0.29, 0.717) is 6.54 Å². The number of aryl methyl sites for hydroxylation is 2. The number of aromatic nitrogens is 4. The SMILES string of the molecule is C=CCn1c(SCc2csc(-c3ccc(C)cc3)n2)nnc1-c1csc(C)c1C. The van der Waals surface area contributed by atoms with Crippen LogP contribution in [0.5, 0.6) is 0 Å². The summed E-state index contributed by atoms with van der Waals surface area (Å²) in [5.41, 5.74) is 5.91. The molecule has 148 valence electrons. The summed E-state index contributed by atoms with van der Waals surface area (Å²) in [6.07, 6.45) is 1.89. The number of allylic oxidation sites excluding steroid dienone is 1. The van der Waals surface area contributed by atoms with E-state index in [-0.39, 0.29) is 0 Å². The number of thiophene rings is 1. The maximum absolute atomic E-state index is 4.81. The van der Waals surface area contributed by atoms with Crippen molar-refractivity contribution in [2.75, 3.05) is 0 Å². The van der Waals surface area contributed by atoms with Gasteiger partial charge in [0.15, 0.2) is 11.0 Å². The Morgan fingerprint density at radius 2 is 1.86 bits per heavy atom. The average Bonchev–Trinajstić information content (AvgIpc) is 3.42. The first-order valence-corrected chi connectivity index (χ1v) is 12.0. The zero-order valence-electron chi connectivity index (χ0n) is 16.7. The highest BCUT2D eigenvalue weighted by atomic mass is 32.2. The van der Waals surface area contributed by atoms with Gasteiger partial charge in [-0.25, -0.2) is 4.98 Å². The molecule has 4 nitrogen and oxygen atoms in total. The molecule has 7 heteroatoms. The Morgan fingerprint density at radius 1 is 1.07 bits per heavy atom. The molecule has 0 aliphatic heterocycles. The summed E-state index contributed by atoms with van der Waals surface area (Å²) in [5.74, 6) is 1.67. The lowest BCUT2D eigenvalue weighted by Crippen LogP contribution is -2.01. The van der Waals surface area contributed by atoms with Crippen molar-refractivity contribution in [3.05, 3.63) is 69.4 Å². The van der Waals surface area contributed by atoms with Crippen LogP contribution < -0.4 is 0 Å². The fourth-order valence-electron chi connectivity index (χ4n) is 2.96. The van der Waals surface area contributed by atoms with E-state index in [1.54, 1.807) is 34.4 Å². The predicted octanol–water partition coefficient (Wildman–Crippen LogP) is 6.53. The fraction of sp³-hybridized carbons (Fsp3) is 0.227. The molecule has 1 aromatic carbocycles. The molecular weight excluding hydrogens is 416 g/mol. The Bertz CT molecular complexity index is 1140. The zero-order valence-corrected chi connectivity index (χ0v) is 19.1. The van der Waals surface area contributed by atoms with Crippen molar-refractivity contribution in [1.29, 1.82) is 0 Å². The van der Waals surface area contributed by atoms with Gasteiger partial charge in [0.1, 0.15) is 5.01 Å². The molecule has 0 radical (unpaired) electrons. The molecule has 29 heavy (non-hydrogen) atoms. The quantitative estimate of drug-likeness (QED) is 0.243. The minimum absolute atomic E-state index is 0.685. The maximum Gasteiger partial charge on any atom is 0.192 e. The van der Waals surface area contributed by atoms with Gasteiger partial charge >= 0.3 is 0 Å². The monoisotopic (exact) mass is 438 g/mol. The Hall–Kier alpha value is -2.22. The maximum atomic E-state index is 4.81. The third-order valence-corrected chi connectivity index (χ3v) is 7.71. The van der Waals surface area contributed by atoms with Crippen molar-refractivity contribution in [2.24, 2.45) is 0 Å². The summed E-state index contributed by atoms with van der Waals surface area (Å²) < 4.78 is 2.14. The first kappa shape index (κ1) is 20.1. The predicted molar refractivity (Wildman–Crippen MR) is 125 cm³/mol.